The van der Waals surface area contributed by atoms with E-state index >= 15 is 0 Å². The standard InChI is InChI=1S/C10H18BrNO/c1-3-4-5-8(2)12-7-9(11)6-10(12)13/h8-9H,3-7H2,1-2H3. The summed E-state index contributed by atoms with van der Waals surface area (Å²) < 4.78 is 0. The molecule has 0 aromatic rings. The Labute approximate surface area is 88.8 Å². The zero-order valence-electron chi connectivity index (χ0n) is 8.42. The van der Waals surface area contributed by atoms with Crippen LogP contribution in [0.2, 0.25) is 0 Å². The van der Waals surface area contributed by atoms with Crippen molar-refractivity contribution in [3.8, 4) is 0 Å². The molecule has 76 valence electrons. The Hall–Kier alpha value is -0.0500. The maximum atomic E-state index is 11.5. The highest BCUT2D eigenvalue weighted by atomic mass is 79.9. The highest BCUT2D eigenvalue weighted by Crippen LogP contribution is 2.22. The monoisotopic (exact) mass is 247 g/mol. The lowest BCUT2D eigenvalue weighted by molar-refractivity contribution is -0.129. The fourth-order valence-electron chi connectivity index (χ4n) is 1.77. The summed E-state index contributed by atoms with van der Waals surface area (Å²) >= 11 is 3.49. The molecule has 2 nitrogen and oxygen atoms in total. The molecule has 0 spiro atoms. The van der Waals surface area contributed by atoms with Crippen LogP contribution in [0.3, 0.4) is 0 Å². The molecule has 0 aromatic carbocycles. The smallest absolute Gasteiger partial charge is 0.224 e. The summed E-state index contributed by atoms with van der Waals surface area (Å²) in [5.41, 5.74) is 0. The summed E-state index contributed by atoms with van der Waals surface area (Å²) in [6, 6.07) is 0.426. The van der Waals surface area contributed by atoms with Crippen LogP contribution >= 0.6 is 15.9 Å². The summed E-state index contributed by atoms with van der Waals surface area (Å²) in [7, 11) is 0. The molecule has 1 heterocycles. The molecule has 1 rings (SSSR count). The quantitative estimate of drug-likeness (QED) is 0.700. The molecule has 1 amide bonds. The number of halogens is 1. The number of carbonyl (C=O) groups is 1. The normalized spacial score (nSPS) is 25.3. The lowest BCUT2D eigenvalue weighted by Gasteiger charge is -2.24. The van der Waals surface area contributed by atoms with E-state index in [4.69, 9.17) is 0 Å². The highest BCUT2D eigenvalue weighted by molar-refractivity contribution is 9.09. The van der Waals surface area contributed by atoms with Gasteiger partial charge in [-0.05, 0) is 13.3 Å². The molecule has 0 N–H and O–H groups in total. The van der Waals surface area contributed by atoms with Gasteiger partial charge in [0.15, 0.2) is 0 Å². The molecule has 1 fully saturated rings. The second kappa shape index (κ2) is 4.99. The van der Waals surface area contributed by atoms with Crippen molar-refractivity contribution < 1.29 is 4.79 Å². The van der Waals surface area contributed by atoms with Gasteiger partial charge >= 0.3 is 0 Å². The van der Waals surface area contributed by atoms with Crippen molar-refractivity contribution in [2.24, 2.45) is 0 Å². The van der Waals surface area contributed by atoms with Crippen LogP contribution in [-0.2, 0) is 4.79 Å². The number of nitrogens with zero attached hydrogens (tertiary/aromatic N) is 1. The van der Waals surface area contributed by atoms with Crippen molar-refractivity contribution in [3.05, 3.63) is 0 Å². The number of rotatable bonds is 4. The third-order valence-electron chi connectivity index (χ3n) is 2.62. The van der Waals surface area contributed by atoms with Gasteiger partial charge in [-0.2, -0.15) is 0 Å². The fraction of sp³-hybridized carbons (Fsp3) is 0.900. The van der Waals surface area contributed by atoms with Gasteiger partial charge in [0, 0.05) is 23.8 Å². The molecule has 0 radical (unpaired) electrons. The molecule has 2 unspecified atom stereocenters. The number of carbonyl (C=O) groups excluding carboxylic acids is 1. The average Bonchev–Trinajstić information content (AvgIpc) is 2.41. The molecule has 0 aliphatic carbocycles. The Morgan fingerprint density at radius 1 is 1.69 bits per heavy atom. The predicted molar refractivity (Wildman–Crippen MR) is 58.0 cm³/mol. The summed E-state index contributed by atoms with van der Waals surface area (Å²) in [5.74, 6) is 0.311. The van der Waals surface area contributed by atoms with Crippen molar-refractivity contribution in [3.63, 3.8) is 0 Å². The first-order chi connectivity index (χ1) is 6.15. The van der Waals surface area contributed by atoms with Crippen molar-refractivity contribution in [1.29, 1.82) is 0 Å². The second-order valence-corrected chi connectivity index (χ2v) is 5.13. The number of hydrogen-bond donors (Lipinski definition) is 0. The van der Waals surface area contributed by atoms with Crippen LogP contribution in [0.4, 0.5) is 0 Å². The Kier molecular flexibility index (Phi) is 4.23. The zero-order valence-corrected chi connectivity index (χ0v) is 10.0. The van der Waals surface area contributed by atoms with E-state index in [1.807, 2.05) is 4.90 Å². The Bertz CT molecular complexity index is 184. The predicted octanol–water partition coefficient (Wildman–Crippen LogP) is 2.56. The molecule has 0 saturated carbocycles. The van der Waals surface area contributed by atoms with Crippen LogP contribution in [0.15, 0.2) is 0 Å². The molecule has 1 saturated heterocycles. The van der Waals surface area contributed by atoms with Gasteiger partial charge < -0.3 is 4.90 Å². The fourth-order valence-corrected chi connectivity index (χ4v) is 2.36. The van der Waals surface area contributed by atoms with Crippen molar-refractivity contribution in [1.82, 2.24) is 4.90 Å². The molecular formula is C10H18BrNO. The number of hydrogen-bond acceptors (Lipinski definition) is 1. The van der Waals surface area contributed by atoms with E-state index in [0.717, 1.165) is 13.0 Å². The van der Waals surface area contributed by atoms with Gasteiger partial charge in [0.05, 0.1) is 0 Å². The molecule has 0 bridgehead atoms. The molecule has 0 aromatic heterocycles. The number of unbranched alkanes of at least 4 members (excludes halogenated alkanes) is 1. The van der Waals surface area contributed by atoms with Gasteiger partial charge in [-0.15, -0.1) is 0 Å². The minimum atomic E-state index is 0.311. The van der Waals surface area contributed by atoms with Crippen molar-refractivity contribution in [2.45, 2.75) is 50.4 Å². The third-order valence-corrected chi connectivity index (χ3v) is 3.23. The third kappa shape index (κ3) is 2.97. The topological polar surface area (TPSA) is 20.3 Å². The van der Waals surface area contributed by atoms with Gasteiger partial charge in [0.1, 0.15) is 0 Å². The molecule has 3 heteroatoms. The van der Waals surface area contributed by atoms with Crippen LogP contribution in [0.25, 0.3) is 0 Å². The average molecular weight is 248 g/mol. The van der Waals surface area contributed by atoms with Crippen LogP contribution < -0.4 is 0 Å². The Morgan fingerprint density at radius 2 is 2.38 bits per heavy atom. The SMILES string of the molecule is CCCCC(C)N1CC(Br)CC1=O. The molecule has 1 aliphatic heterocycles. The van der Waals surface area contributed by atoms with Gasteiger partial charge in [0.2, 0.25) is 5.91 Å². The van der Waals surface area contributed by atoms with Crippen LogP contribution in [0, 0.1) is 0 Å². The zero-order chi connectivity index (χ0) is 9.84. The summed E-state index contributed by atoms with van der Waals surface area (Å²) in [4.78, 5) is 13.9. The summed E-state index contributed by atoms with van der Waals surface area (Å²) in [5, 5.41) is 0. The minimum Gasteiger partial charge on any atom is -0.339 e. The Morgan fingerprint density at radius 3 is 2.85 bits per heavy atom. The first-order valence-electron chi connectivity index (χ1n) is 5.08. The van der Waals surface area contributed by atoms with Gasteiger partial charge in [0.25, 0.3) is 0 Å². The van der Waals surface area contributed by atoms with Gasteiger partial charge in [-0.3, -0.25) is 4.79 Å². The second-order valence-electron chi connectivity index (χ2n) is 3.84. The van der Waals surface area contributed by atoms with E-state index in [0.29, 0.717) is 23.2 Å². The van der Waals surface area contributed by atoms with E-state index in [2.05, 4.69) is 29.8 Å². The van der Waals surface area contributed by atoms with Crippen molar-refractivity contribution >= 4 is 21.8 Å². The lowest BCUT2D eigenvalue weighted by Crippen LogP contribution is -2.34. The molecule has 1 aliphatic rings. The van der Waals surface area contributed by atoms with Crippen molar-refractivity contribution in [2.75, 3.05) is 6.54 Å². The first kappa shape index (κ1) is 11.0. The van der Waals surface area contributed by atoms with Gasteiger partial charge in [-0.1, -0.05) is 35.7 Å². The van der Waals surface area contributed by atoms with Crippen LogP contribution in [0.5, 0.6) is 0 Å². The molecule has 2 atom stereocenters. The summed E-state index contributed by atoms with van der Waals surface area (Å²) in [6.07, 6.45) is 4.25. The van der Waals surface area contributed by atoms with Crippen LogP contribution in [0.1, 0.15) is 39.5 Å². The van der Waals surface area contributed by atoms with E-state index in [-0.39, 0.29) is 0 Å². The number of alkyl halides is 1. The first-order valence-corrected chi connectivity index (χ1v) is 6.00. The van der Waals surface area contributed by atoms with Crippen LogP contribution in [-0.4, -0.2) is 28.2 Å². The van der Waals surface area contributed by atoms with E-state index in [1.54, 1.807) is 0 Å². The largest absolute Gasteiger partial charge is 0.339 e. The Balaban J connectivity index is 2.38. The summed E-state index contributed by atoms with van der Waals surface area (Å²) in [6.45, 7) is 5.23. The molecular weight excluding hydrogens is 230 g/mol. The molecule has 13 heavy (non-hydrogen) atoms. The highest BCUT2D eigenvalue weighted by Gasteiger charge is 2.30. The maximum Gasteiger partial charge on any atom is 0.224 e. The minimum absolute atomic E-state index is 0.311. The maximum absolute atomic E-state index is 11.5. The lowest BCUT2D eigenvalue weighted by atomic mass is 10.1. The van der Waals surface area contributed by atoms with E-state index in [9.17, 15) is 4.79 Å². The number of amides is 1. The number of likely N-dealkylation sites (tertiary alicyclic amines) is 1. The van der Waals surface area contributed by atoms with E-state index < -0.39 is 0 Å². The van der Waals surface area contributed by atoms with Gasteiger partial charge in [-0.25, -0.2) is 0 Å². The van der Waals surface area contributed by atoms with E-state index in [1.165, 1.54) is 12.8 Å².